The van der Waals surface area contributed by atoms with Crippen LogP contribution >= 0.6 is 11.6 Å². The lowest BCUT2D eigenvalue weighted by Crippen LogP contribution is -2.42. The number of carbonyl (C=O) groups is 1. The highest BCUT2D eigenvalue weighted by Gasteiger charge is 2.29. The third kappa shape index (κ3) is 6.27. The van der Waals surface area contributed by atoms with E-state index in [0.717, 1.165) is 9.87 Å². The third-order valence-corrected chi connectivity index (χ3v) is 7.12. The normalized spacial score (nSPS) is 12.1. The molecule has 0 fully saturated rings. The maximum atomic E-state index is 13.5. The van der Waals surface area contributed by atoms with Crippen molar-refractivity contribution in [3.8, 4) is 5.75 Å². The highest BCUT2D eigenvalue weighted by atomic mass is 35.5. The molecule has 33 heavy (non-hydrogen) atoms. The summed E-state index contributed by atoms with van der Waals surface area (Å²) in [4.78, 5) is 12.9. The fourth-order valence-electron chi connectivity index (χ4n) is 3.33. The molecule has 1 amide bonds. The monoisotopic (exact) mass is 486 g/mol. The Morgan fingerprint density at radius 3 is 2.30 bits per heavy atom. The van der Waals surface area contributed by atoms with Crippen molar-refractivity contribution in [3.05, 3.63) is 89.4 Å². The van der Waals surface area contributed by atoms with Gasteiger partial charge in [0, 0.05) is 11.6 Å². The Labute approximate surface area is 200 Å². The number of hydrogen-bond donors (Lipinski definition) is 1. The van der Waals surface area contributed by atoms with Crippen molar-refractivity contribution in [3.63, 3.8) is 0 Å². The summed E-state index contributed by atoms with van der Waals surface area (Å²) in [6.07, 6.45) is 0. The van der Waals surface area contributed by atoms with Crippen molar-refractivity contribution >= 4 is 33.2 Å². The minimum atomic E-state index is -4.06. The highest BCUT2D eigenvalue weighted by molar-refractivity contribution is 7.92. The van der Waals surface area contributed by atoms with Crippen LogP contribution in [0.25, 0.3) is 0 Å². The Hall–Kier alpha value is -3.03. The van der Waals surface area contributed by atoms with Gasteiger partial charge >= 0.3 is 0 Å². The minimum Gasteiger partial charge on any atom is -0.492 e. The van der Waals surface area contributed by atoms with E-state index in [-0.39, 0.29) is 10.8 Å². The first-order valence-corrected chi connectivity index (χ1v) is 12.5. The van der Waals surface area contributed by atoms with Crippen LogP contribution in [-0.2, 0) is 14.8 Å². The van der Waals surface area contributed by atoms with E-state index in [0.29, 0.717) is 29.6 Å². The zero-order valence-corrected chi connectivity index (χ0v) is 20.1. The molecule has 0 aromatic heterocycles. The standard InChI is InChI=1S/C25H27ClN2O4S/c1-3-32-24-12-8-7-11-23(24)28(33(30,31)22-15-13-21(26)14-16-22)18-25(29)27-17-19(2)20-9-5-4-6-10-20/h4-16,19H,3,17-18H2,1-2H3,(H,27,29)/t19-/m1/s1. The molecule has 6 nitrogen and oxygen atoms in total. The Bertz CT molecular complexity index is 1170. The lowest BCUT2D eigenvalue weighted by Gasteiger charge is -2.26. The summed E-state index contributed by atoms with van der Waals surface area (Å²) in [7, 11) is -4.06. The number of benzene rings is 3. The van der Waals surface area contributed by atoms with Crippen molar-refractivity contribution in [1.29, 1.82) is 0 Å². The van der Waals surface area contributed by atoms with Gasteiger partial charge in [-0.1, -0.05) is 61.0 Å². The maximum absolute atomic E-state index is 13.5. The highest BCUT2D eigenvalue weighted by Crippen LogP contribution is 2.32. The van der Waals surface area contributed by atoms with Gasteiger partial charge in [-0.05, 0) is 54.8 Å². The average Bonchev–Trinajstić information content (AvgIpc) is 2.82. The first kappa shape index (κ1) is 24.6. The summed E-state index contributed by atoms with van der Waals surface area (Å²) in [5.41, 5.74) is 1.38. The molecule has 0 radical (unpaired) electrons. The lowest BCUT2D eigenvalue weighted by atomic mass is 10.0. The molecule has 0 aliphatic rings. The van der Waals surface area contributed by atoms with Crippen LogP contribution in [0, 0.1) is 0 Å². The number of anilines is 1. The van der Waals surface area contributed by atoms with Gasteiger partial charge in [0.1, 0.15) is 12.3 Å². The van der Waals surface area contributed by atoms with Crippen molar-refractivity contribution in [1.82, 2.24) is 5.32 Å². The maximum Gasteiger partial charge on any atom is 0.264 e. The topological polar surface area (TPSA) is 75.7 Å². The second kappa shape index (κ2) is 11.2. The SMILES string of the molecule is CCOc1ccccc1N(CC(=O)NC[C@@H](C)c1ccccc1)S(=O)(=O)c1ccc(Cl)cc1. The van der Waals surface area contributed by atoms with Gasteiger partial charge in [-0.2, -0.15) is 0 Å². The molecule has 0 unspecified atom stereocenters. The number of nitrogens with one attached hydrogen (secondary N) is 1. The van der Waals surface area contributed by atoms with E-state index >= 15 is 0 Å². The molecule has 0 saturated carbocycles. The number of rotatable bonds is 10. The van der Waals surface area contributed by atoms with E-state index in [2.05, 4.69) is 5.32 Å². The van der Waals surface area contributed by atoms with Crippen LogP contribution in [-0.4, -0.2) is 34.0 Å². The number of hydrogen-bond acceptors (Lipinski definition) is 4. The van der Waals surface area contributed by atoms with E-state index in [1.54, 1.807) is 24.3 Å². The van der Waals surface area contributed by atoms with Crippen molar-refractivity contribution in [2.24, 2.45) is 0 Å². The van der Waals surface area contributed by atoms with E-state index in [4.69, 9.17) is 16.3 Å². The van der Waals surface area contributed by atoms with E-state index in [1.807, 2.05) is 44.2 Å². The zero-order valence-electron chi connectivity index (χ0n) is 18.6. The number of amides is 1. The summed E-state index contributed by atoms with van der Waals surface area (Å²) in [5.74, 6) is 0.0387. The molecule has 174 valence electrons. The molecule has 0 saturated heterocycles. The van der Waals surface area contributed by atoms with E-state index in [9.17, 15) is 13.2 Å². The molecular formula is C25H27ClN2O4S. The van der Waals surface area contributed by atoms with Crippen molar-refractivity contribution in [2.45, 2.75) is 24.7 Å². The molecule has 0 spiro atoms. The number of sulfonamides is 1. The largest absolute Gasteiger partial charge is 0.492 e. The van der Waals surface area contributed by atoms with Gasteiger partial charge in [-0.3, -0.25) is 9.10 Å². The number of ether oxygens (including phenoxy) is 1. The van der Waals surface area contributed by atoms with Gasteiger partial charge in [0.05, 0.1) is 17.2 Å². The first-order valence-electron chi connectivity index (χ1n) is 10.6. The summed E-state index contributed by atoms with van der Waals surface area (Å²) in [6, 6.07) is 22.4. The van der Waals surface area contributed by atoms with Crippen LogP contribution in [0.3, 0.4) is 0 Å². The van der Waals surface area contributed by atoms with Crippen LogP contribution in [0.4, 0.5) is 5.69 Å². The smallest absolute Gasteiger partial charge is 0.264 e. The summed E-state index contributed by atoms with van der Waals surface area (Å²) < 4.78 is 33.8. The second-order valence-corrected chi connectivity index (χ2v) is 9.78. The number of nitrogens with zero attached hydrogens (tertiary/aromatic N) is 1. The Kier molecular flexibility index (Phi) is 8.36. The van der Waals surface area contributed by atoms with Gasteiger partial charge in [0.15, 0.2) is 0 Å². The molecule has 3 aromatic rings. The van der Waals surface area contributed by atoms with Crippen LogP contribution in [0.5, 0.6) is 5.75 Å². The predicted molar refractivity (Wildman–Crippen MR) is 131 cm³/mol. The van der Waals surface area contributed by atoms with Gasteiger partial charge in [-0.15, -0.1) is 0 Å². The fraction of sp³-hybridized carbons (Fsp3) is 0.240. The van der Waals surface area contributed by atoms with Gasteiger partial charge in [-0.25, -0.2) is 8.42 Å². The minimum absolute atomic E-state index is 0.0312. The number of carbonyl (C=O) groups excluding carboxylic acids is 1. The molecule has 0 bridgehead atoms. The Morgan fingerprint density at radius 1 is 1.00 bits per heavy atom. The molecule has 0 aliphatic heterocycles. The van der Waals surface area contributed by atoms with E-state index < -0.39 is 22.5 Å². The molecular weight excluding hydrogens is 460 g/mol. The quantitative estimate of drug-likeness (QED) is 0.444. The number of halogens is 1. The average molecular weight is 487 g/mol. The Balaban J connectivity index is 1.87. The summed E-state index contributed by atoms with van der Waals surface area (Å²) in [5, 5.41) is 3.28. The summed E-state index contributed by atoms with van der Waals surface area (Å²) in [6.45, 7) is 4.16. The molecule has 0 aliphatic carbocycles. The zero-order chi connectivity index (χ0) is 23.8. The molecule has 0 heterocycles. The molecule has 8 heteroatoms. The second-order valence-electron chi connectivity index (χ2n) is 7.48. The van der Waals surface area contributed by atoms with Gasteiger partial charge in [0.25, 0.3) is 10.0 Å². The number of para-hydroxylation sites is 2. The van der Waals surface area contributed by atoms with E-state index in [1.165, 1.54) is 24.3 Å². The molecule has 1 atom stereocenters. The predicted octanol–water partition coefficient (Wildman–Crippen LogP) is 4.85. The molecule has 3 rings (SSSR count). The van der Waals surface area contributed by atoms with Crippen LogP contribution < -0.4 is 14.4 Å². The summed E-state index contributed by atoms with van der Waals surface area (Å²) >= 11 is 5.94. The molecule has 1 N–H and O–H groups in total. The Morgan fingerprint density at radius 2 is 1.64 bits per heavy atom. The van der Waals surface area contributed by atoms with Crippen LogP contribution in [0.2, 0.25) is 5.02 Å². The van der Waals surface area contributed by atoms with Crippen molar-refractivity contribution in [2.75, 3.05) is 24.0 Å². The lowest BCUT2D eigenvalue weighted by molar-refractivity contribution is -0.119. The first-order chi connectivity index (χ1) is 15.8. The van der Waals surface area contributed by atoms with Crippen LogP contribution in [0.15, 0.2) is 83.8 Å². The van der Waals surface area contributed by atoms with Crippen LogP contribution in [0.1, 0.15) is 25.3 Å². The van der Waals surface area contributed by atoms with Gasteiger partial charge < -0.3 is 10.1 Å². The van der Waals surface area contributed by atoms with Gasteiger partial charge in [0.2, 0.25) is 5.91 Å². The van der Waals surface area contributed by atoms with Crippen molar-refractivity contribution < 1.29 is 17.9 Å². The third-order valence-electron chi connectivity index (χ3n) is 5.10. The molecule has 3 aromatic carbocycles. The fourth-order valence-corrected chi connectivity index (χ4v) is 4.88.